The van der Waals surface area contributed by atoms with E-state index in [0.29, 0.717) is 0 Å². The molecule has 0 amide bonds. The quantitative estimate of drug-likeness (QED) is 0.489. The fraction of sp³-hybridized carbons (Fsp3) is 0.167. The summed E-state index contributed by atoms with van der Waals surface area (Å²) in [5, 5.41) is 7.62. The number of fused-ring (bicyclic) bond motifs is 1. The molecule has 98 valence electrons. The SMILES string of the molecule is c1coc(CSSSCc2ccc3nonc3c2)c1. The van der Waals surface area contributed by atoms with Crippen molar-refractivity contribution < 1.29 is 9.05 Å². The zero-order chi connectivity index (χ0) is 12.9. The molecule has 0 bridgehead atoms. The molecule has 0 aliphatic carbocycles. The molecule has 0 saturated carbocycles. The van der Waals surface area contributed by atoms with Gasteiger partial charge in [0.05, 0.1) is 12.0 Å². The van der Waals surface area contributed by atoms with Crippen molar-refractivity contribution in [3.8, 4) is 0 Å². The number of furan rings is 1. The number of rotatable bonds is 6. The van der Waals surface area contributed by atoms with Crippen LogP contribution in [0.5, 0.6) is 0 Å². The van der Waals surface area contributed by atoms with Crippen molar-refractivity contribution in [2.75, 3.05) is 0 Å². The molecule has 0 saturated heterocycles. The van der Waals surface area contributed by atoms with E-state index in [1.54, 1.807) is 37.7 Å². The first-order chi connectivity index (χ1) is 9.42. The van der Waals surface area contributed by atoms with Gasteiger partial charge in [0.15, 0.2) is 0 Å². The van der Waals surface area contributed by atoms with Crippen LogP contribution in [0.15, 0.2) is 45.6 Å². The van der Waals surface area contributed by atoms with Crippen LogP contribution in [-0.4, -0.2) is 10.3 Å². The molecule has 4 nitrogen and oxygen atoms in total. The highest BCUT2D eigenvalue weighted by Gasteiger charge is 2.02. The van der Waals surface area contributed by atoms with Crippen molar-refractivity contribution >= 4 is 42.4 Å². The van der Waals surface area contributed by atoms with Gasteiger partial charge in [-0.25, -0.2) is 4.63 Å². The summed E-state index contributed by atoms with van der Waals surface area (Å²) in [5.41, 5.74) is 2.83. The van der Waals surface area contributed by atoms with Gasteiger partial charge < -0.3 is 4.42 Å². The zero-order valence-electron chi connectivity index (χ0n) is 9.81. The topological polar surface area (TPSA) is 52.1 Å². The molecule has 0 atom stereocenters. The van der Waals surface area contributed by atoms with Gasteiger partial charge in [0.25, 0.3) is 0 Å². The third-order valence-corrected chi connectivity index (χ3v) is 6.48. The summed E-state index contributed by atoms with van der Waals surface area (Å²) in [6.45, 7) is 0. The lowest BCUT2D eigenvalue weighted by molar-refractivity contribution is 0.315. The maximum Gasteiger partial charge on any atom is 0.135 e. The molecule has 0 unspecified atom stereocenters. The third-order valence-electron chi connectivity index (χ3n) is 2.42. The third kappa shape index (κ3) is 3.49. The van der Waals surface area contributed by atoms with E-state index in [-0.39, 0.29) is 0 Å². The largest absolute Gasteiger partial charge is 0.468 e. The summed E-state index contributed by atoms with van der Waals surface area (Å²) in [7, 11) is 5.34. The second kappa shape index (κ2) is 6.40. The first kappa shape index (κ1) is 13.0. The van der Waals surface area contributed by atoms with Crippen LogP contribution < -0.4 is 0 Å². The smallest absolute Gasteiger partial charge is 0.135 e. The van der Waals surface area contributed by atoms with Crippen molar-refractivity contribution in [1.29, 1.82) is 0 Å². The Bertz CT molecular complexity index is 639. The van der Waals surface area contributed by atoms with E-state index in [1.165, 1.54) is 5.56 Å². The number of hydrogen-bond acceptors (Lipinski definition) is 7. The Balaban J connectivity index is 1.44. The van der Waals surface area contributed by atoms with E-state index in [2.05, 4.69) is 21.0 Å². The maximum atomic E-state index is 5.27. The number of nitrogens with zero attached hydrogens (tertiary/aromatic N) is 2. The van der Waals surface area contributed by atoms with Gasteiger partial charge in [0.2, 0.25) is 0 Å². The molecule has 0 spiro atoms. The van der Waals surface area contributed by atoms with E-state index in [1.807, 2.05) is 24.3 Å². The minimum Gasteiger partial charge on any atom is -0.468 e. The van der Waals surface area contributed by atoms with Gasteiger partial charge in [0, 0.05) is 5.75 Å². The maximum absolute atomic E-state index is 5.27. The summed E-state index contributed by atoms with van der Waals surface area (Å²) in [6, 6.07) is 9.90. The molecule has 19 heavy (non-hydrogen) atoms. The highest BCUT2D eigenvalue weighted by molar-refractivity contribution is 9.09. The van der Waals surface area contributed by atoms with Crippen molar-refractivity contribution in [2.24, 2.45) is 0 Å². The summed E-state index contributed by atoms with van der Waals surface area (Å²) >= 11 is 0. The van der Waals surface area contributed by atoms with Crippen LogP contribution in [-0.2, 0) is 11.5 Å². The Kier molecular flexibility index (Phi) is 4.37. The normalized spacial score (nSPS) is 11.2. The Morgan fingerprint density at radius 1 is 1.00 bits per heavy atom. The van der Waals surface area contributed by atoms with Gasteiger partial charge in [-0.3, -0.25) is 0 Å². The van der Waals surface area contributed by atoms with Crippen molar-refractivity contribution in [3.63, 3.8) is 0 Å². The highest BCUT2D eigenvalue weighted by atomic mass is 33.5. The zero-order valence-corrected chi connectivity index (χ0v) is 12.3. The molecule has 2 heterocycles. The first-order valence-corrected chi connectivity index (χ1v) is 9.38. The first-order valence-electron chi connectivity index (χ1n) is 5.56. The average molecular weight is 310 g/mol. The van der Waals surface area contributed by atoms with Gasteiger partial charge in [-0.1, -0.05) is 27.7 Å². The van der Waals surface area contributed by atoms with Crippen molar-refractivity contribution in [2.45, 2.75) is 11.5 Å². The predicted octanol–water partition coefficient (Wildman–Crippen LogP) is 4.55. The average Bonchev–Trinajstić information content (AvgIpc) is 3.08. The lowest BCUT2D eigenvalue weighted by Crippen LogP contribution is -1.78. The monoisotopic (exact) mass is 310 g/mol. The molecule has 0 radical (unpaired) electrons. The Hall–Kier alpha value is -1.05. The van der Waals surface area contributed by atoms with Gasteiger partial charge in [-0.2, -0.15) is 0 Å². The molecular weight excluding hydrogens is 300 g/mol. The molecule has 2 aromatic heterocycles. The summed E-state index contributed by atoms with van der Waals surface area (Å²) in [6.07, 6.45) is 1.70. The van der Waals surface area contributed by atoms with E-state index in [9.17, 15) is 0 Å². The Labute approximate surface area is 121 Å². The van der Waals surface area contributed by atoms with E-state index >= 15 is 0 Å². The van der Waals surface area contributed by atoms with Crippen LogP contribution >= 0.6 is 31.4 Å². The van der Waals surface area contributed by atoms with Gasteiger partial charge in [-0.15, -0.1) is 0 Å². The fourth-order valence-electron chi connectivity index (χ4n) is 1.52. The van der Waals surface area contributed by atoms with E-state index in [0.717, 1.165) is 28.3 Å². The van der Waals surface area contributed by atoms with Crippen LogP contribution in [0.1, 0.15) is 11.3 Å². The van der Waals surface area contributed by atoms with Crippen LogP contribution in [0, 0.1) is 0 Å². The second-order valence-corrected chi connectivity index (χ2v) is 7.99. The fourth-order valence-corrected chi connectivity index (χ4v) is 5.01. The summed E-state index contributed by atoms with van der Waals surface area (Å²) in [5.74, 6) is 2.82. The Morgan fingerprint density at radius 3 is 2.79 bits per heavy atom. The van der Waals surface area contributed by atoms with Crippen molar-refractivity contribution in [3.05, 3.63) is 47.9 Å². The molecular formula is C12H10N2O2S3. The van der Waals surface area contributed by atoms with E-state index < -0.39 is 0 Å². The molecule has 1 aromatic carbocycles. The second-order valence-electron chi connectivity index (χ2n) is 3.76. The molecule has 0 aliphatic rings. The van der Waals surface area contributed by atoms with Crippen molar-refractivity contribution in [1.82, 2.24) is 10.3 Å². The number of benzene rings is 1. The molecule has 3 aromatic rings. The number of hydrogen-bond donors (Lipinski definition) is 0. The summed E-state index contributed by atoms with van der Waals surface area (Å²) < 4.78 is 9.95. The van der Waals surface area contributed by atoms with Crippen LogP contribution in [0.3, 0.4) is 0 Å². The van der Waals surface area contributed by atoms with Crippen LogP contribution in [0.2, 0.25) is 0 Å². The van der Waals surface area contributed by atoms with Gasteiger partial charge >= 0.3 is 0 Å². The lowest BCUT2D eigenvalue weighted by Gasteiger charge is -2.00. The molecule has 0 N–H and O–H groups in total. The van der Waals surface area contributed by atoms with Crippen LogP contribution in [0.25, 0.3) is 11.0 Å². The van der Waals surface area contributed by atoms with E-state index in [4.69, 9.17) is 4.42 Å². The lowest BCUT2D eigenvalue weighted by atomic mass is 10.2. The minimum absolute atomic E-state index is 0.800. The molecule has 0 fully saturated rings. The molecule has 0 aliphatic heterocycles. The predicted molar refractivity (Wildman–Crippen MR) is 80.7 cm³/mol. The Morgan fingerprint density at radius 2 is 1.89 bits per heavy atom. The minimum atomic E-state index is 0.800. The molecule has 7 heteroatoms. The number of aromatic nitrogens is 2. The van der Waals surface area contributed by atoms with Gasteiger partial charge in [-0.05, 0) is 50.0 Å². The standard InChI is InChI=1S/C12H10N2O2S3/c1-2-10(15-5-1)8-18-19-17-7-9-3-4-11-12(6-9)14-16-13-11/h1-6H,7-8H2. The summed E-state index contributed by atoms with van der Waals surface area (Å²) in [4.78, 5) is 0. The van der Waals surface area contributed by atoms with Crippen LogP contribution in [0.4, 0.5) is 0 Å². The molecule has 3 rings (SSSR count). The highest BCUT2D eigenvalue weighted by Crippen LogP contribution is 2.38. The van der Waals surface area contributed by atoms with Gasteiger partial charge in [0.1, 0.15) is 16.8 Å².